The minimum atomic E-state index is -0.572. The van der Waals surface area contributed by atoms with Gasteiger partial charge in [0, 0.05) is 30.9 Å². The minimum Gasteiger partial charge on any atom is -0.497 e. The Hall–Kier alpha value is -3.92. The third-order valence-corrected chi connectivity index (χ3v) is 5.88. The summed E-state index contributed by atoms with van der Waals surface area (Å²) >= 11 is 1.30. The second-order valence-corrected chi connectivity index (χ2v) is 8.26. The van der Waals surface area contributed by atoms with Crippen LogP contribution >= 0.6 is 11.3 Å². The van der Waals surface area contributed by atoms with Gasteiger partial charge in [0.1, 0.15) is 52.2 Å². The quantitative estimate of drug-likeness (QED) is 0.386. The first-order chi connectivity index (χ1) is 16.5. The van der Waals surface area contributed by atoms with Crippen LogP contribution in [-0.4, -0.2) is 34.7 Å². The number of imidazole rings is 1. The van der Waals surface area contributed by atoms with Gasteiger partial charge < -0.3 is 24.1 Å². The molecule has 2 aromatic heterocycles. The number of hydrogen-bond acceptors (Lipinski definition) is 7. The summed E-state index contributed by atoms with van der Waals surface area (Å²) in [5.41, 5.74) is 1.01. The lowest BCUT2D eigenvalue weighted by molar-refractivity contribution is 0.0936. The van der Waals surface area contributed by atoms with Crippen LogP contribution in [0.2, 0.25) is 0 Å². The number of carbonyl (C=O) groups excluding carboxylic acids is 1. The van der Waals surface area contributed by atoms with Crippen LogP contribution in [0.3, 0.4) is 0 Å². The van der Waals surface area contributed by atoms with E-state index in [1.807, 2.05) is 23.7 Å². The van der Waals surface area contributed by atoms with Crippen molar-refractivity contribution in [2.24, 2.45) is 7.05 Å². The molecule has 1 atom stereocenters. The van der Waals surface area contributed by atoms with Crippen molar-refractivity contribution in [3.05, 3.63) is 88.1 Å². The third kappa shape index (κ3) is 5.34. The van der Waals surface area contributed by atoms with E-state index in [2.05, 4.69) is 15.3 Å². The molecule has 1 N–H and O–H groups in total. The molecule has 34 heavy (non-hydrogen) atoms. The van der Waals surface area contributed by atoms with E-state index in [-0.39, 0.29) is 24.0 Å². The number of hydrogen-bond donors (Lipinski definition) is 1. The molecule has 2 heterocycles. The van der Waals surface area contributed by atoms with Gasteiger partial charge in [-0.3, -0.25) is 4.79 Å². The summed E-state index contributed by atoms with van der Waals surface area (Å²) in [5.74, 6) is 1.65. The Morgan fingerprint density at radius 1 is 1.12 bits per heavy atom. The summed E-state index contributed by atoms with van der Waals surface area (Å²) in [6.07, 6.45) is 3.47. The summed E-state index contributed by atoms with van der Waals surface area (Å²) in [4.78, 5) is 21.9. The van der Waals surface area contributed by atoms with Crippen LogP contribution < -0.4 is 19.5 Å². The molecule has 0 fully saturated rings. The Morgan fingerprint density at radius 2 is 1.82 bits per heavy atom. The van der Waals surface area contributed by atoms with Crippen LogP contribution in [-0.2, 0) is 13.7 Å². The fourth-order valence-electron chi connectivity index (χ4n) is 3.31. The maximum absolute atomic E-state index is 13.1. The fraction of sp³-hybridized carbons (Fsp3) is 0.208. The van der Waals surface area contributed by atoms with Crippen molar-refractivity contribution in [1.29, 1.82) is 0 Å². The smallest absolute Gasteiger partial charge is 0.271 e. The predicted octanol–water partition coefficient (Wildman–Crippen LogP) is 4.13. The Morgan fingerprint density at radius 3 is 2.44 bits per heavy atom. The van der Waals surface area contributed by atoms with Crippen molar-refractivity contribution in [3.63, 3.8) is 0 Å². The number of amides is 1. The summed E-state index contributed by atoms with van der Waals surface area (Å²) in [6.45, 7) is 0.166. The summed E-state index contributed by atoms with van der Waals surface area (Å²) in [6, 6.07) is 10.6. The van der Waals surface area contributed by atoms with Crippen molar-refractivity contribution < 1.29 is 23.4 Å². The number of nitrogens with zero attached hydrogens (tertiary/aromatic N) is 3. The zero-order chi connectivity index (χ0) is 24.1. The van der Waals surface area contributed by atoms with Gasteiger partial charge in [-0.05, 0) is 42.0 Å². The average Bonchev–Trinajstić information content (AvgIpc) is 3.51. The van der Waals surface area contributed by atoms with Gasteiger partial charge in [0.05, 0.1) is 14.2 Å². The molecule has 176 valence electrons. The molecule has 8 nitrogen and oxygen atoms in total. The first-order valence-electron chi connectivity index (χ1n) is 10.3. The van der Waals surface area contributed by atoms with Crippen LogP contribution in [0.4, 0.5) is 4.39 Å². The molecule has 1 unspecified atom stereocenters. The number of benzene rings is 2. The highest BCUT2D eigenvalue weighted by molar-refractivity contribution is 7.09. The van der Waals surface area contributed by atoms with Gasteiger partial charge in [0.2, 0.25) is 0 Å². The second kappa shape index (κ2) is 10.3. The molecule has 0 saturated heterocycles. The Labute approximate surface area is 200 Å². The summed E-state index contributed by atoms with van der Waals surface area (Å²) in [5, 5.41) is 5.30. The number of thiazole rings is 1. The van der Waals surface area contributed by atoms with E-state index in [9.17, 15) is 9.18 Å². The highest BCUT2D eigenvalue weighted by Crippen LogP contribution is 2.30. The molecule has 4 aromatic rings. The van der Waals surface area contributed by atoms with Gasteiger partial charge in [0.25, 0.3) is 5.91 Å². The summed E-state index contributed by atoms with van der Waals surface area (Å²) < 4.78 is 31.3. The molecule has 0 saturated carbocycles. The summed E-state index contributed by atoms with van der Waals surface area (Å²) in [7, 11) is 4.99. The third-order valence-electron chi connectivity index (χ3n) is 5.06. The maximum Gasteiger partial charge on any atom is 0.271 e. The molecule has 0 radical (unpaired) electrons. The molecule has 2 aromatic carbocycles. The van der Waals surface area contributed by atoms with Gasteiger partial charge in [-0.25, -0.2) is 14.4 Å². The zero-order valence-electron chi connectivity index (χ0n) is 18.8. The molecule has 10 heteroatoms. The average molecular weight is 483 g/mol. The number of nitrogens with one attached hydrogen (secondary N) is 1. The van der Waals surface area contributed by atoms with Crippen molar-refractivity contribution in [2.45, 2.75) is 12.6 Å². The van der Waals surface area contributed by atoms with E-state index in [0.717, 1.165) is 5.56 Å². The predicted molar refractivity (Wildman–Crippen MR) is 125 cm³/mol. The molecule has 0 aliphatic heterocycles. The Balaban J connectivity index is 1.54. The van der Waals surface area contributed by atoms with Crippen molar-refractivity contribution >= 4 is 17.2 Å². The van der Waals surface area contributed by atoms with E-state index in [1.54, 1.807) is 38.1 Å². The Bertz CT molecular complexity index is 1250. The van der Waals surface area contributed by atoms with Gasteiger partial charge in [0.15, 0.2) is 0 Å². The van der Waals surface area contributed by atoms with E-state index in [0.29, 0.717) is 28.1 Å². The van der Waals surface area contributed by atoms with E-state index < -0.39 is 6.04 Å². The van der Waals surface area contributed by atoms with Crippen LogP contribution in [0.15, 0.2) is 60.2 Å². The van der Waals surface area contributed by atoms with Crippen LogP contribution in [0.5, 0.6) is 17.2 Å². The SMILES string of the molecule is COc1cc(OC)cc(C(NC(=O)c2csc(COc3ccc(F)cc3)n2)c2nccn2C)c1. The van der Waals surface area contributed by atoms with Gasteiger partial charge in [-0.2, -0.15) is 0 Å². The van der Waals surface area contributed by atoms with E-state index in [4.69, 9.17) is 14.2 Å². The van der Waals surface area contributed by atoms with Crippen LogP contribution in [0.25, 0.3) is 0 Å². The van der Waals surface area contributed by atoms with Gasteiger partial charge in [-0.1, -0.05) is 0 Å². The number of aromatic nitrogens is 3. The lowest BCUT2D eigenvalue weighted by Gasteiger charge is -2.20. The zero-order valence-corrected chi connectivity index (χ0v) is 19.6. The molecule has 0 spiro atoms. The molecule has 4 rings (SSSR count). The minimum absolute atomic E-state index is 0.166. The van der Waals surface area contributed by atoms with E-state index in [1.165, 1.54) is 35.6 Å². The van der Waals surface area contributed by atoms with Gasteiger partial charge in [-0.15, -0.1) is 11.3 Å². The number of methoxy groups -OCH3 is 2. The van der Waals surface area contributed by atoms with Gasteiger partial charge >= 0.3 is 0 Å². The normalized spacial score (nSPS) is 11.6. The number of rotatable bonds is 9. The second-order valence-electron chi connectivity index (χ2n) is 7.32. The topological polar surface area (TPSA) is 87.5 Å². The monoisotopic (exact) mass is 482 g/mol. The highest BCUT2D eigenvalue weighted by atomic mass is 32.1. The number of carbonyl (C=O) groups is 1. The molecule has 0 aliphatic rings. The molecular formula is C24H23FN4O4S. The number of aryl methyl sites for hydroxylation is 1. The molecular weight excluding hydrogens is 459 g/mol. The number of ether oxygens (including phenoxy) is 3. The lowest BCUT2D eigenvalue weighted by Crippen LogP contribution is -2.31. The van der Waals surface area contributed by atoms with E-state index >= 15 is 0 Å². The highest BCUT2D eigenvalue weighted by Gasteiger charge is 2.24. The Kier molecular flexibility index (Phi) is 7.07. The molecule has 1 amide bonds. The first kappa shape index (κ1) is 23.2. The maximum atomic E-state index is 13.1. The number of halogens is 1. The van der Waals surface area contributed by atoms with Crippen LogP contribution in [0.1, 0.15) is 32.9 Å². The standard InChI is InChI=1S/C24H23FN4O4S/c1-29-9-8-26-23(29)22(15-10-18(31-2)12-19(11-15)32-3)28-24(30)20-14-34-21(27-20)13-33-17-6-4-16(25)5-7-17/h4-12,14,22H,13H2,1-3H3,(H,28,30). The molecule has 0 aliphatic carbocycles. The largest absolute Gasteiger partial charge is 0.497 e. The van der Waals surface area contributed by atoms with Crippen molar-refractivity contribution in [2.75, 3.05) is 14.2 Å². The van der Waals surface area contributed by atoms with Crippen molar-refractivity contribution in [3.8, 4) is 17.2 Å². The first-order valence-corrected chi connectivity index (χ1v) is 11.2. The molecule has 0 bridgehead atoms. The lowest BCUT2D eigenvalue weighted by atomic mass is 10.0. The van der Waals surface area contributed by atoms with Crippen molar-refractivity contribution in [1.82, 2.24) is 19.9 Å². The fourth-order valence-corrected chi connectivity index (χ4v) is 4.00. The van der Waals surface area contributed by atoms with Crippen LogP contribution in [0, 0.1) is 5.82 Å².